The predicted octanol–water partition coefficient (Wildman–Crippen LogP) is 2.34. The van der Waals surface area contributed by atoms with E-state index in [0.29, 0.717) is 18.3 Å². The maximum absolute atomic E-state index is 12.4. The first-order chi connectivity index (χ1) is 9.68. The normalized spacial score (nSPS) is 21.7. The quantitative estimate of drug-likeness (QED) is 0.938. The van der Waals surface area contributed by atoms with Gasteiger partial charge in [0, 0.05) is 29.0 Å². The molecule has 1 atom stereocenters. The first-order valence-electron chi connectivity index (χ1n) is 6.31. The summed E-state index contributed by atoms with van der Waals surface area (Å²) in [4.78, 5) is 7.82. The molecule has 0 amide bonds. The summed E-state index contributed by atoms with van der Waals surface area (Å²) in [6.07, 6.45) is 3.61. The Morgan fingerprint density at radius 1 is 1.40 bits per heavy atom. The highest BCUT2D eigenvalue weighted by molar-refractivity contribution is 7.99. The fraction of sp³-hybridized carbons (Fsp3) is 0.417. The van der Waals surface area contributed by atoms with Crippen LogP contribution in [-0.4, -0.2) is 41.5 Å². The van der Waals surface area contributed by atoms with Crippen LogP contribution in [0.25, 0.3) is 0 Å². The highest BCUT2D eigenvalue weighted by Gasteiger charge is 2.29. The second-order valence-electron chi connectivity index (χ2n) is 4.48. The van der Waals surface area contributed by atoms with Crippen molar-refractivity contribution in [2.24, 2.45) is 0 Å². The van der Waals surface area contributed by atoms with Crippen molar-refractivity contribution in [2.75, 3.05) is 18.8 Å². The first kappa shape index (κ1) is 14.1. The third-order valence-corrected chi connectivity index (χ3v) is 7.52. The Labute approximate surface area is 126 Å². The number of imidazole rings is 1. The number of sulfonamides is 1. The zero-order valence-corrected chi connectivity index (χ0v) is 13.2. The van der Waals surface area contributed by atoms with Gasteiger partial charge < -0.3 is 4.98 Å². The van der Waals surface area contributed by atoms with E-state index in [4.69, 9.17) is 0 Å². The van der Waals surface area contributed by atoms with Crippen LogP contribution >= 0.6 is 23.1 Å². The Kier molecular flexibility index (Phi) is 4.16. The lowest BCUT2D eigenvalue weighted by atomic mass is 10.2. The number of aromatic nitrogens is 2. The molecule has 0 spiro atoms. The van der Waals surface area contributed by atoms with Crippen molar-refractivity contribution in [3.63, 3.8) is 0 Å². The minimum Gasteiger partial charge on any atom is -0.335 e. The molecule has 1 aliphatic rings. The summed E-state index contributed by atoms with van der Waals surface area (Å²) in [5, 5.41) is 2.65. The van der Waals surface area contributed by atoms with Crippen molar-refractivity contribution in [1.82, 2.24) is 14.3 Å². The van der Waals surface area contributed by atoms with Crippen LogP contribution in [0.2, 0.25) is 0 Å². The molecule has 5 nitrogen and oxygen atoms in total. The number of aromatic amines is 1. The number of rotatable bonds is 3. The minimum absolute atomic E-state index is 0.178. The molecule has 0 aromatic carbocycles. The van der Waals surface area contributed by atoms with E-state index < -0.39 is 10.0 Å². The molecule has 8 heteroatoms. The number of thioether (sulfide) groups is 1. The summed E-state index contributed by atoms with van der Waals surface area (Å²) in [6.45, 7) is 1.10. The summed E-state index contributed by atoms with van der Waals surface area (Å²) >= 11 is 3.58. The van der Waals surface area contributed by atoms with Gasteiger partial charge in [-0.15, -0.1) is 11.3 Å². The van der Waals surface area contributed by atoms with Gasteiger partial charge in [0.05, 0.1) is 12.5 Å². The molecule has 108 valence electrons. The van der Waals surface area contributed by atoms with E-state index in [1.165, 1.54) is 17.4 Å². The number of hydrogen-bond donors (Lipinski definition) is 1. The molecule has 2 aromatic heterocycles. The van der Waals surface area contributed by atoms with Gasteiger partial charge in [0.1, 0.15) is 0 Å². The van der Waals surface area contributed by atoms with Crippen molar-refractivity contribution in [3.05, 3.63) is 34.9 Å². The maximum atomic E-state index is 12.4. The average Bonchev–Trinajstić information content (AvgIpc) is 3.08. The van der Waals surface area contributed by atoms with Gasteiger partial charge in [0.15, 0.2) is 5.03 Å². The summed E-state index contributed by atoms with van der Waals surface area (Å²) < 4.78 is 26.4. The van der Waals surface area contributed by atoms with Crippen LogP contribution in [0.15, 0.2) is 35.1 Å². The molecule has 1 saturated heterocycles. The lowest BCUT2D eigenvalue weighted by molar-refractivity contribution is 0.426. The van der Waals surface area contributed by atoms with Crippen molar-refractivity contribution in [3.8, 4) is 0 Å². The van der Waals surface area contributed by atoms with Crippen molar-refractivity contribution >= 4 is 33.1 Å². The van der Waals surface area contributed by atoms with Crippen molar-refractivity contribution in [1.29, 1.82) is 0 Å². The van der Waals surface area contributed by atoms with Crippen LogP contribution in [0.3, 0.4) is 0 Å². The molecule has 1 aliphatic heterocycles. The second kappa shape index (κ2) is 5.88. The molecule has 1 N–H and O–H groups in total. The smallest absolute Gasteiger partial charge is 0.260 e. The van der Waals surface area contributed by atoms with E-state index in [9.17, 15) is 8.42 Å². The monoisotopic (exact) mass is 329 g/mol. The molecule has 0 bridgehead atoms. The third-order valence-electron chi connectivity index (χ3n) is 3.25. The Morgan fingerprint density at radius 2 is 2.30 bits per heavy atom. The molecular weight excluding hydrogens is 314 g/mol. The van der Waals surface area contributed by atoms with E-state index in [-0.39, 0.29) is 5.03 Å². The number of nitrogens with one attached hydrogen (secondary N) is 1. The topological polar surface area (TPSA) is 66.1 Å². The van der Waals surface area contributed by atoms with Crippen LogP contribution in [0.1, 0.15) is 16.5 Å². The predicted molar refractivity (Wildman–Crippen MR) is 81.5 cm³/mol. The SMILES string of the molecule is O=S(=O)(c1cnc[nH]1)N1CCSC(c2cccs2)CC1. The fourth-order valence-electron chi connectivity index (χ4n) is 2.22. The lowest BCUT2D eigenvalue weighted by Gasteiger charge is -2.18. The van der Waals surface area contributed by atoms with Crippen molar-refractivity contribution < 1.29 is 8.42 Å². The van der Waals surface area contributed by atoms with E-state index in [1.807, 2.05) is 17.8 Å². The van der Waals surface area contributed by atoms with Crippen LogP contribution in [0.5, 0.6) is 0 Å². The first-order valence-corrected chi connectivity index (χ1v) is 9.68. The molecule has 2 aromatic rings. The highest BCUT2D eigenvalue weighted by atomic mass is 32.2. The summed E-state index contributed by atoms with van der Waals surface area (Å²) in [5.74, 6) is 0.815. The molecule has 1 unspecified atom stereocenters. The molecule has 0 saturated carbocycles. The van der Waals surface area contributed by atoms with Crippen LogP contribution in [-0.2, 0) is 10.0 Å². The van der Waals surface area contributed by atoms with Gasteiger partial charge in [-0.2, -0.15) is 16.1 Å². The van der Waals surface area contributed by atoms with E-state index in [0.717, 1.165) is 12.2 Å². The highest BCUT2D eigenvalue weighted by Crippen LogP contribution is 2.37. The third kappa shape index (κ3) is 2.78. The Balaban J connectivity index is 1.75. The minimum atomic E-state index is -3.43. The molecule has 3 rings (SSSR count). The average molecular weight is 329 g/mol. The van der Waals surface area contributed by atoms with Crippen LogP contribution in [0, 0.1) is 0 Å². The maximum Gasteiger partial charge on any atom is 0.260 e. The van der Waals surface area contributed by atoms with E-state index in [2.05, 4.69) is 21.4 Å². The van der Waals surface area contributed by atoms with Gasteiger partial charge in [-0.05, 0) is 17.9 Å². The largest absolute Gasteiger partial charge is 0.335 e. The van der Waals surface area contributed by atoms with Gasteiger partial charge in [0.25, 0.3) is 10.0 Å². The van der Waals surface area contributed by atoms with Gasteiger partial charge >= 0.3 is 0 Å². The standard InChI is InChI=1S/C12H15N3O2S3/c16-20(17,12-8-13-9-14-12)15-4-3-11(19-7-5-15)10-2-1-6-18-10/h1-2,6,8-9,11H,3-5,7H2,(H,13,14). The summed E-state index contributed by atoms with van der Waals surface area (Å²) in [6, 6.07) is 4.17. The summed E-state index contributed by atoms with van der Waals surface area (Å²) in [7, 11) is -3.43. The van der Waals surface area contributed by atoms with Gasteiger partial charge in [-0.1, -0.05) is 6.07 Å². The van der Waals surface area contributed by atoms with Gasteiger partial charge in [0.2, 0.25) is 0 Å². The lowest BCUT2D eigenvalue weighted by Crippen LogP contribution is -2.33. The van der Waals surface area contributed by atoms with Gasteiger partial charge in [-0.3, -0.25) is 0 Å². The van der Waals surface area contributed by atoms with Crippen LogP contribution in [0.4, 0.5) is 0 Å². The van der Waals surface area contributed by atoms with E-state index >= 15 is 0 Å². The number of hydrogen-bond acceptors (Lipinski definition) is 5. The number of nitrogens with zero attached hydrogens (tertiary/aromatic N) is 2. The molecular formula is C12H15N3O2S3. The van der Waals surface area contributed by atoms with Crippen molar-refractivity contribution in [2.45, 2.75) is 16.7 Å². The fourth-order valence-corrected chi connectivity index (χ4v) is 5.92. The number of thiophene rings is 1. The van der Waals surface area contributed by atoms with Crippen LogP contribution < -0.4 is 0 Å². The molecule has 0 radical (unpaired) electrons. The zero-order chi connectivity index (χ0) is 14.0. The molecule has 3 heterocycles. The second-order valence-corrected chi connectivity index (χ2v) is 8.68. The van der Waals surface area contributed by atoms with Gasteiger partial charge in [-0.25, -0.2) is 13.4 Å². The Morgan fingerprint density at radius 3 is 3.00 bits per heavy atom. The molecule has 20 heavy (non-hydrogen) atoms. The molecule has 0 aliphatic carbocycles. The zero-order valence-electron chi connectivity index (χ0n) is 10.7. The number of H-pyrrole nitrogens is 1. The van der Waals surface area contributed by atoms with E-state index in [1.54, 1.807) is 15.6 Å². The Bertz CT molecular complexity index is 638. The summed E-state index contributed by atoms with van der Waals surface area (Å²) in [5.41, 5.74) is 0. The molecule has 1 fully saturated rings. The Hall–Kier alpha value is -0.830.